The van der Waals surface area contributed by atoms with Crippen LogP contribution in [0.25, 0.3) is 0 Å². The molecular formula is C17H28N2. The third-order valence-electron chi connectivity index (χ3n) is 4.56. The van der Waals surface area contributed by atoms with Crippen molar-refractivity contribution in [2.24, 2.45) is 5.92 Å². The van der Waals surface area contributed by atoms with Gasteiger partial charge in [0.2, 0.25) is 0 Å². The molecule has 3 atom stereocenters. The van der Waals surface area contributed by atoms with Crippen molar-refractivity contribution in [2.75, 3.05) is 18.9 Å². The number of para-hydroxylation sites is 1. The third kappa shape index (κ3) is 4.24. The number of benzene rings is 1. The third-order valence-corrected chi connectivity index (χ3v) is 4.56. The zero-order valence-electron chi connectivity index (χ0n) is 12.6. The molecule has 1 saturated carbocycles. The highest BCUT2D eigenvalue weighted by atomic mass is 15.2. The van der Waals surface area contributed by atoms with E-state index >= 15 is 0 Å². The minimum absolute atomic E-state index is 0.579. The van der Waals surface area contributed by atoms with Crippen LogP contribution in [0, 0.1) is 5.92 Å². The lowest BCUT2D eigenvalue weighted by molar-refractivity contribution is 0.131. The maximum absolute atomic E-state index is 3.53. The van der Waals surface area contributed by atoms with Gasteiger partial charge in [-0.3, -0.25) is 4.90 Å². The first kappa shape index (κ1) is 14.4. The quantitative estimate of drug-likeness (QED) is 0.861. The lowest BCUT2D eigenvalue weighted by atomic mass is 9.86. The Labute approximate surface area is 118 Å². The van der Waals surface area contributed by atoms with Crippen LogP contribution in [0.1, 0.15) is 39.5 Å². The summed E-state index contributed by atoms with van der Waals surface area (Å²) in [5.41, 5.74) is 1.22. The summed E-state index contributed by atoms with van der Waals surface area (Å²) in [4.78, 5) is 2.58. The maximum atomic E-state index is 3.53. The summed E-state index contributed by atoms with van der Waals surface area (Å²) < 4.78 is 0. The number of likely N-dealkylation sites (N-methyl/N-ethyl adjacent to an activating group) is 1. The molecule has 1 aromatic rings. The molecule has 1 aliphatic rings. The fourth-order valence-electron chi connectivity index (χ4n) is 3.10. The van der Waals surface area contributed by atoms with E-state index in [2.05, 4.69) is 61.4 Å². The van der Waals surface area contributed by atoms with Crippen LogP contribution in [-0.2, 0) is 0 Å². The van der Waals surface area contributed by atoms with Gasteiger partial charge in [0, 0.05) is 24.3 Å². The van der Waals surface area contributed by atoms with E-state index in [0.717, 1.165) is 18.5 Å². The van der Waals surface area contributed by atoms with Crippen molar-refractivity contribution in [1.82, 2.24) is 4.90 Å². The molecule has 1 fully saturated rings. The van der Waals surface area contributed by atoms with Crippen molar-refractivity contribution in [3.63, 3.8) is 0 Å². The van der Waals surface area contributed by atoms with Crippen LogP contribution in [0.4, 0.5) is 5.69 Å². The molecule has 0 amide bonds. The van der Waals surface area contributed by atoms with E-state index in [-0.39, 0.29) is 0 Å². The van der Waals surface area contributed by atoms with Gasteiger partial charge in [-0.2, -0.15) is 0 Å². The molecule has 1 aliphatic carbocycles. The van der Waals surface area contributed by atoms with Gasteiger partial charge in [-0.15, -0.1) is 0 Å². The second-order valence-corrected chi connectivity index (χ2v) is 6.19. The van der Waals surface area contributed by atoms with Gasteiger partial charge >= 0.3 is 0 Å². The normalized spacial score (nSPS) is 25.3. The number of nitrogens with one attached hydrogen (secondary N) is 1. The molecule has 2 heteroatoms. The van der Waals surface area contributed by atoms with E-state index in [9.17, 15) is 0 Å². The standard InChI is InChI=1S/C17H28N2/c1-14-8-7-11-17(12-14)19(3)15(2)13-18-16-9-5-4-6-10-16/h4-6,9-10,14-15,17-18H,7-8,11-13H2,1-3H3. The van der Waals surface area contributed by atoms with Crippen LogP contribution in [0.15, 0.2) is 30.3 Å². The zero-order chi connectivity index (χ0) is 13.7. The summed E-state index contributed by atoms with van der Waals surface area (Å²) in [6.07, 6.45) is 5.55. The Hall–Kier alpha value is -1.02. The maximum Gasteiger partial charge on any atom is 0.0340 e. The second-order valence-electron chi connectivity index (χ2n) is 6.19. The Bertz CT molecular complexity index is 363. The van der Waals surface area contributed by atoms with Crippen LogP contribution in [0.2, 0.25) is 0 Å². The van der Waals surface area contributed by atoms with Gasteiger partial charge in [0.05, 0.1) is 0 Å². The summed E-state index contributed by atoms with van der Waals surface area (Å²) in [6, 6.07) is 11.8. The molecule has 0 bridgehead atoms. The first-order valence-corrected chi connectivity index (χ1v) is 7.67. The van der Waals surface area contributed by atoms with Crippen LogP contribution in [0.3, 0.4) is 0 Å². The van der Waals surface area contributed by atoms with Gasteiger partial charge in [-0.05, 0) is 44.9 Å². The van der Waals surface area contributed by atoms with E-state index in [1.54, 1.807) is 0 Å². The van der Waals surface area contributed by atoms with Crippen molar-refractivity contribution >= 4 is 5.69 Å². The van der Waals surface area contributed by atoms with Crippen molar-refractivity contribution < 1.29 is 0 Å². The molecule has 0 spiro atoms. The van der Waals surface area contributed by atoms with Crippen molar-refractivity contribution in [2.45, 2.75) is 51.6 Å². The molecular weight excluding hydrogens is 232 g/mol. The van der Waals surface area contributed by atoms with Gasteiger partial charge < -0.3 is 5.32 Å². The molecule has 2 nitrogen and oxygen atoms in total. The summed E-state index contributed by atoms with van der Waals surface area (Å²) in [5, 5.41) is 3.53. The van der Waals surface area contributed by atoms with Crippen molar-refractivity contribution in [1.29, 1.82) is 0 Å². The average molecular weight is 260 g/mol. The molecule has 19 heavy (non-hydrogen) atoms. The van der Waals surface area contributed by atoms with Crippen LogP contribution in [0.5, 0.6) is 0 Å². The van der Waals surface area contributed by atoms with E-state index in [4.69, 9.17) is 0 Å². The Morgan fingerprint density at radius 3 is 2.68 bits per heavy atom. The predicted molar refractivity (Wildman–Crippen MR) is 83.6 cm³/mol. The number of anilines is 1. The Kier molecular flexibility index (Phi) is 5.26. The average Bonchev–Trinajstić information content (AvgIpc) is 2.45. The van der Waals surface area contributed by atoms with Crippen LogP contribution >= 0.6 is 0 Å². The Morgan fingerprint density at radius 1 is 1.26 bits per heavy atom. The van der Waals surface area contributed by atoms with Gasteiger partial charge in [0.25, 0.3) is 0 Å². The van der Waals surface area contributed by atoms with Crippen LogP contribution in [-0.4, -0.2) is 30.6 Å². The molecule has 106 valence electrons. The van der Waals surface area contributed by atoms with Gasteiger partial charge in [-0.25, -0.2) is 0 Å². The van der Waals surface area contributed by atoms with Crippen LogP contribution < -0.4 is 5.32 Å². The van der Waals surface area contributed by atoms with E-state index in [0.29, 0.717) is 6.04 Å². The molecule has 3 unspecified atom stereocenters. The minimum Gasteiger partial charge on any atom is -0.383 e. The highest BCUT2D eigenvalue weighted by Gasteiger charge is 2.24. The van der Waals surface area contributed by atoms with Gasteiger partial charge in [-0.1, -0.05) is 38.0 Å². The topological polar surface area (TPSA) is 15.3 Å². The summed E-state index contributed by atoms with van der Waals surface area (Å²) in [5.74, 6) is 0.899. The number of hydrogen-bond acceptors (Lipinski definition) is 2. The molecule has 0 saturated heterocycles. The zero-order valence-corrected chi connectivity index (χ0v) is 12.6. The number of hydrogen-bond donors (Lipinski definition) is 1. The smallest absolute Gasteiger partial charge is 0.0340 e. The predicted octanol–water partition coefficient (Wildman–Crippen LogP) is 4.00. The fraction of sp³-hybridized carbons (Fsp3) is 0.647. The molecule has 0 radical (unpaired) electrons. The lowest BCUT2D eigenvalue weighted by Gasteiger charge is -2.37. The first-order chi connectivity index (χ1) is 9.16. The highest BCUT2D eigenvalue weighted by molar-refractivity contribution is 5.42. The van der Waals surface area contributed by atoms with E-state index < -0.39 is 0 Å². The largest absolute Gasteiger partial charge is 0.383 e. The lowest BCUT2D eigenvalue weighted by Crippen LogP contribution is -2.44. The first-order valence-electron chi connectivity index (χ1n) is 7.67. The molecule has 0 heterocycles. The molecule has 1 N–H and O–H groups in total. The summed E-state index contributed by atoms with van der Waals surface area (Å²) >= 11 is 0. The number of rotatable bonds is 5. The Morgan fingerprint density at radius 2 is 2.00 bits per heavy atom. The molecule has 2 rings (SSSR count). The highest BCUT2D eigenvalue weighted by Crippen LogP contribution is 2.27. The van der Waals surface area contributed by atoms with E-state index in [1.165, 1.54) is 31.4 Å². The monoisotopic (exact) mass is 260 g/mol. The molecule has 0 aromatic heterocycles. The summed E-state index contributed by atoms with van der Waals surface area (Å²) in [7, 11) is 2.29. The van der Waals surface area contributed by atoms with E-state index in [1.807, 2.05) is 0 Å². The summed E-state index contributed by atoms with van der Waals surface area (Å²) in [6.45, 7) is 5.74. The van der Waals surface area contributed by atoms with Gasteiger partial charge in [0.15, 0.2) is 0 Å². The molecule has 1 aromatic carbocycles. The van der Waals surface area contributed by atoms with Gasteiger partial charge in [0.1, 0.15) is 0 Å². The van der Waals surface area contributed by atoms with Crippen molar-refractivity contribution in [3.8, 4) is 0 Å². The second kappa shape index (κ2) is 6.95. The minimum atomic E-state index is 0.579. The SMILES string of the molecule is CC1CCCC(N(C)C(C)CNc2ccccc2)C1. The number of nitrogens with zero attached hydrogens (tertiary/aromatic N) is 1. The fourth-order valence-corrected chi connectivity index (χ4v) is 3.10. The Balaban J connectivity index is 1.80. The van der Waals surface area contributed by atoms with Crippen molar-refractivity contribution in [3.05, 3.63) is 30.3 Å². The molecule has 0 aliphatic heterocycles.